The highest BCUT2D eigenvalue weighted by Gasteiger charge is 2.30. The highest BCUT2D eigenvalue weighted by molar-refractivity contribution is 7.92. The summed E-state index contributed by atoms with van der Waals surface area (Å²) in [6.07, 6.45) is 2.27. The molecule has 1 aromatic carbocycles. The van der Waals surface area contributed by atoms with Crippen molar-refractivity contribution in [3.05, 3.63) is 18.2 Å². The van der Waals surface area contributed by atoms with Crippen molar-refractivity contribution < 1.29 is 16.8 Å². The molecule has 0 radical (unpaired) electrons. The van der Waals surface area contributed by atoms with Gasteiger partial charge in [0.15, 0.2) is 19.7 Å². The lowest BCUT2D eigenvalue weighted by molar-refractivity contribution is 0.560. The van der Waals surface area contributed by atoms with Crippen molar-refractivity contribution >= 4 is 31.0 Å². The summed E-state index contributed by atoms with van der Waals surface area (Å²) in [4.78, 5) is 0.128. The first-order valence-electron chi connectivity index (χ1n) is 5.88. The molecule has 8 heteroatoms. The number of hydrogen-bond donors (Lipinski definition) is 2. The lowest BCUT2D eigenvalue weighted by atomic mass is 10.2. The van der Waals surface area contributed by atoms with E-state index in [2.05, 4.69) is 5.32 Å². The first kappa shape index (κ1) is 16.8. The number of sulfone groups is 2. The van der Waals surface area contributed by atoms with Crippen molar-refractivity contribution in [3.63, 3.8) is 0 Å². The molecule has 0 atom stereocenters. The second-order valence-electron chi connectivity index (χ2n) is 5.41. The van der Waals surface area contributed by atoms with Gasteiger partial charge >= 0.3 is 0 Å². The van der Waals surface area contributed by atoms with Gasteiger partial charge < -0.3 is 11.1 Å². The van der Waals surface area contributed by atoms with Crippen LogP contribution in [0, 0.1) is 0 Å². The standard InChI is InChI=1S/C12H20N2O4S2/c1-12(2,20(4,17)18)8-14-11-6-5-9(7-10(11)13)19(3,15)16/h5-7,14H,8,13H2,1-4H3. The van der Waals surface area contributed by atoms with Crippen LogP contribution in [0.5, 0.6) is 0 Å². The van der Waals surface area contributed by atoms with Gasteiger partial charge in [0.25, 0.3) is 0 Å². The summed E-state index contributed by atoms with van der Waals surface area (Å²) >= 11 is 0. The quantitative estimate of drug-likeness (QED) is 0.781. The molecule has 6 nitrogen and oxygen atoms in total. The van der Waals surface area contributed by atoms with E-state index in [4.69, 9.17) is 5.73 Å². The highest BCUT2D eigenvalue weighted by atomic mass is 32.2. The van der Waals surface area contributed by atoms with Gasteiger partial charge in [-0.25, -0.2) is 16.8 Å². The minimum Gasteiger partial charge on any atom is -0.397 e. The zero-order chi connectivity index (χ0) is 15.8. The van der Waals surface area contributed by atoms with E-state index < -0.39 is 24.4 Å². The van der Waals surface area contributed by atoms with E-state index in [1.165, 1.54) is 24.5 Å². The normalized spacial score (nSPS) is 13.2. The van der Waals surface area contributed by atoms with E-state index in [1.807, 2.05) is 0 Å². The number of anilines is 2. The van der Waals surface area contributed by atoms with Gasteiger partial charge in [-0.1, -0.05) is 0 Å². The molecular weight excluding hydrogens is 300 g/mol. The topological polar surface area (TPSA) is 106 Å². The zero-order valence-electron chi connectivity index (χ0n) is 12.0. The van der Waals surface area contributed by atoms with Gasteiger partial charge in [0, 0.05) is 19.1 Å². The molecule has 1 rings (SSSR count). The molecule has 0 heterocycles. The van der Waals surface area contributed by atoms with Crippen molar-refractivity contribution in [1.29, 1.82) is 0 Å². The number of nitrogen functional groups attached to an aromatic ring is 1. The van der Waals surface area contributed by atoms with Crippen molar-refractivity contribution in [2.75, 3.05) is 30.1 Å². The van der Waals surface area contributed by atoms with Gasteiger partial charge in [-0.05, 0) is 32.0 Å². The smallest absolute Gasteiger partial charge is 0.175 e. The third-order valence-corrected chi connectivity index (χ3v) is 6.42. The van der Waals surface area contributed by atoms with Gasteiger partial charge in [0.05, 0.1) is 21.0 Å². The Morgan fingerprint density at radius 3 is 2.10 bits per heavy atom. The summed E-state index contributed by atoms with van der Waals surface area (Å²) in [7, 11) is -6.53. The Kier molecular flexibility index (Phi) is 4.40. The monoisotopic (exact) mass is 320 g/mol. The Labute approximate surface area is 120 Å². The van der Waals surface area contributed by atoms with Gasteiger partial charge in [-0.15, -0.1) is 0 Å². The Hall–Kier alpha value is -1.28. The molecule has 20 heavy (non-hydrogen) atoms. The predicted molar refractivity (Wildman–Crippen MR) is 81.4 cm³/mol. The van der Waals surface area contributed by atoms with Crippen LogP contribution in [0.1, 0.15) is 13.8 Å². The number of nitrogens with two attached hydrogens (primary N) is 1. The van der Waals surface area contributed by atoms with E-state index in [1.54, 1.807) is 13.8 Å². The van der Waals surface area contributed by atoms with Gasteiger partial charge in [-0.2, -0.15) is 0 Å². The van der Waals surface area contributed by atoms with Gasteiger partial charge in [0.1, 0.15) is 0 Å². The Balaban J connectivity index is 2.97. The number of benzene rings is 1. The van der Waals surface area contributed by atoms with Crippen molar-refractivity contribution in [1.82, 2.24) is 0 Å². The molecule has 1 aromatic rings. The molecule has 0 unspecified atom stereocenters. The van der Waals surface area contributed by atoms with Gasteiger partial charge in [-0.3, -0.25) is 0 Å². The lowest BCUT2D eigenvalue weighted by Gasteiger charge is -2.24. The van der Waals surface area contributed by atoms with Crippen LogP contribution in [0.2, 0.25) is 0 Å². The second-order valence-corrected chi connectivity index (χ2v) is 10.1. The minimum atomic E-state index is -3.31. The van der Waals surface area contributed by atoms with Crippen LogP contribution in [0.3, 0.4) is 0 Å². The molecule has 0 aliphatic carbocycles. The van der Waals surface area contributed by atoms with Crippen molar-refractivity contribution in [2.45, 2.75) is 23.5 Å². The molecule has 3 N–H and O–H groups in total. The molecule has 0 amide bonds. The van der Waals surface area contributed by atoms with E-state index in [-0.39, 0.29) is 17.1 Å². The molecule has 0 fully saturated rings. The lowest BCUT2D eigenvalue weighted by Crippen LogP contribution is -2.38. The molecule has 0 saturated carbocycles. The van der Waals surface area contributed by atoms with Crippen LogP contribution in [-0.4, -0.2) is 40.6 Å². The Morgan fingerprint density at radius 2 is 1.70 bits per heavy atom. The molecule has 0 aromatic heterocycles. The van der Waals surface area contributed by atoms with E-state index in [0.717, 1.165) is 6.26 Å². The molecule has 114 valence electrons. The SMILES string of the molecule is CC(C)(CNc1ccc(S(C)(=O)=O)cc1N)S(C)(=O)=O. The second kappa shape index (κ2) is 5.25. The van der Waals surface area contributed by atoms with Crippen molar-refractivity contribution in [3.8, 4) is 0 Å². The third kappa shape index (κ3) is 3.86. The molecule has 0 spiro atoms. The number of rotatable bonds is 5. The molecule has 0 bridgehead atoms. The van der Waals surface area contributed by atoms with Crippen LogP contribution >= 0.6 is 0 Å². The fourth-order valence-electron chi connectivity index (χ4n) is 1.37. The Morgan fingerprint density at radius 1 is 1.15 bits per heavy atom. The van der Waals surface area contributed by atoms with Crippen LogP contribution in [0.25, 0.3) is 0 Å². The van der Waals surface area contributed by atoms with Crippen LogP contribution in [0.15, 0.2) is 23.1 Å². The summed E-state index contributed by atoms with van der Waals surface area (Å²) in [5.41, 5.74) is 6.55. The first-order chi connectivity index (χ1) is 8.84. The van der Waals surface area contributed by atoms with E-state index in [0.29, 0.717) is 5.69 Å². The summed E-state index contributed by atoms with van der Waals surface area (Å²) in [6.45, 7) is 3.39. The van der Waals surface area contributed by atoms with Crippen LogP contribution in [-0.2, 0) is 19.7 Å². The predicted octanol–water partition coefficient (Wildman–Crippen LogP) is 0.907. The molecule has 0 saturated heterocycles. The summed E-state index contributed by atoms with van der Waals surface area (Å²) < 4.78 is 45.0. The minimum absolute atomic E-state index is 0.128. The van der Waals surface area contributed by atoms with Crippen LogP contribution in [0.4, 0.5) is 11.4 Å². The summed E-state index contributed by atoms with van der Waals surface area (Å²) in [6, 6.07) is 4.32. The third-order valence-electron chi connectivity index (χ3n) is 3.16. The van der Waals surface area contributed by atoms with Crippen LogP contribution < -0.4 is 11.1 Å². The fraction of sp³-hybridized carbons (Fsp3) is 0.500. The maximum absolute atomic E-state index is 11.6. The molecule has 0 aliphatic heterocycles. The van der Waals surface area contributed by atoms with E-state index >= 15 is 0 Å². The summed E-state index contributed by atoms with van der Waals surface area (Å²) in [5.74, 6) is 0. The zero-order valence-corrected chi connectivity index (χ0v) is 13.6. The fourth-order valence-corrected chi connectivity index (χ4v) is 2.36. The van der Waals surface area contributed by atoms with E-state index in [9.17, 15) is 16.8 Å². The molecular formula is C12H20N2O4S2. The number of nitrogens with one attached hydrogen (secondary N) is 1. The Bertz CT molecular complexity index is 707. The number of hydrogen-bond acceptors (Lipinski definition) is 6. The van der Waals surface area contributed by atoms with Gasteiger partial charge in [0.2, 0.25) is 0 Å². The average Bonchev–Trinajstić information content (AvgIpc) is 2.24. The largest absolute Gasteiger partial charge is 0.397 e. The maximum Gasteiger partial charge on any atom is 0.175 e. The first-order valence-corrected chi connectivity index (χ1v) is 9.66. The molecule has 0 aliphatic rings. The van der Waals surface area contributed by atoms with Crippen molar-refractivity contribution in [2.24, 2.45) is 0 Å². The average molecular weight is 320 g/mol. The maximum atomic E-state index is 11.6. The highest BCUT2D eigenvalue weighted by Crippen LogP contribution is 2.24. The summed E-state index contributed by atoms with van der Waals surface area (Å²) in [5, 5.41) is 2.94.